The Morgan fingerprint density at radius 2 is 2.10 bits per heavy atom. The van der Waals surface area contributed by atoms with Crippen LogP contribution in [0.4, 0.5) is 17.1 Å². The van der Waals surface area contributed by atoms with Crippen LogP contribution in [0.5, 0.6) is 0 Å². The lowest BCUT2D eigenvalue weighted by Crippen LogP contribution is -2.22. The van der Waals surface area contributed by atoms with Crippen molar-refractivity contribution >= 4 is 23.0 Å². The Morgan fingerprint density at radius 1 is 1.33 bits per heavy atom. The number of nitrogens with two attached hydrogens (primary N) is 1. The average Bonchev–Trinajstić information content (AvgIpc) is 2.81. The van der Waals surface area contributed by atoms with Crippen LogP contribution in [0.2, 0.25) is 0 Å². The summed E-state index contributed by atoms with van der Waals surface area (Å²) < 4.78 is 1.75. The first-order valence-corrected chi connectivity index (χ1v) is 7.02. The summed E-state index contributed by atoms with van der Waals surface area (Å²) in [7, 11) is 1.87. The van der Waals surface area contributed by atoms with Crippen molar-refractivity contribution in [1.82, 2.24) is 15.1 Å². The smallest absolute Gasteiger partial charge is 0.251 e. The van der Waals surface area contributed by atoms with Crippen LogP contribution < -0.4 is 16.4 Å². The molecule has 0 aliphatic heterocycles. The fourth-order valence-electron chi connectivity index (χ4n) is 2.11. The lowest BCUT2D eigenvalue weighted by atomic mass is 10.1. The Balaban J connectivity index is 2.30. The summed E-state index contributed by atoms with van der Waals surface area (Å²) in [6, 6.07) is 5.21. The van der Waals surface area contributed by atoms with Gasteiger partial charge in [-0.3, -0.25) is 9.48 Å². The van der Waals surface area contributed by atoms with Crippen molar-refractivity contribution < 1.29 is 4.79 Å². The minimum Gasteiger partial charge on any atom is -0.397 e. The van der Waals surface area contributed by atoms with Gasteiger partial charge in [-0.1, -0.05) is 6.92 Å². The van der Waals surface area contributed by atoms with E-state index < -0.39 is 0 Å². The van der Waals surface area contributed by atoms with E-state index in [1.54, 1.807) is 22.9 Å². The van der Waals surface area contributed by atoms with Crippen LogP contribution in [0.1, 0.15) is 29.9 Å². The minimum absolute atomic E-state index is 0.109. The molecule has 0 aliphatic carbocycles. The summed E-state index contributed by atoms with van der Waals surface area (Å²) in [5.74, 6) is -0.109. The SMILES string of the molecule is CCNC(=O)c1ccc(N)c(Nc2cn(C)nc2CC)c1. The Morgan fingerprint density at radius 3 is 2.76 bits per heavy atom. The second-order valence-electron chi connectivity index (χ2n) is 4.80. The van der Waals surface area contributed by atoms with Gasteiger partial charge in [0, 0.05) is 25.4 Å². The van der Waals surface area contributed by atoms with Gasteiger partial charge in [0.1, 0.15) is 0 Å². The summed E-state index contributed by atoms with van der Waals surface area (Å²) in [6.07, 6.45) is 2.72. The predicted octanol–water partition coefficient (Wildman–Crippen LogP) is 2.06. The fraction of sp³-hybridized carbons (Fsp3) is 0.333. The Hall–Kier alpha value is -2.50. The maximum Gasteiger partial charge on any atom is 0.251 e. The van der Waals surface area contributed by atoms with Crippen LogP contribution in [0.15, 0.2) is 24.4 Å². The zero-order valence-corrected chi connectivity index (χ0v) is 12.6. The number of aryl methyl sites for hydroxylation is 2. The third kappa shape index (κ3) is 3.34. The van der Waals surface area contributed by atoms with Crippen molar-refractivity contribution in [2.45, 2.75) is 20.3 Å². The number of rotatable bonds is 5. The molecule has 0 bridgehead atoms. The molecule has 21 heavy (non-hydrogen) atoms. The van der Waals surface area contributed by atoms with E-state index in [9.17, 15) is 4.79 Å². The Labute approximate surface area is 124 Å². The highest BCUT2D eigenvalue weighted by Crippen LogP contribution is 2.26. The van der Waals surface area contributed by atoms with Crippen molar-refractivity contribution in [3.05, 3.63) is 35.7 Å². The van der Waals surface area contributed by atoms with E-state index in [2.05, 4.69) is 15.7 Å². The van der Waals surface area contributed by atoms with Crippen LogP contribution in [0.25, 0.3) is 0 Å². The molecular weight excluding hydrogens is 266 g/mol. The largest absolute Gasteiger partial charge is 0.397 e. The number of nitrogens with zero attached hydrogens (tertiary/aromatic N) is 2. The highest BCUT2D eigenvalue weighted by Gasteiger charge is 2.11. The van der Waals surface area contributed by atoms with Gasteiger partial charge in [0.15, 0.2) is 0 Å². The number of carbonyl (C=O) groups excluding carboxylic acids is 1. The van der Waals surface area contributed by atoms with E-state index in [0.29, 0.717) is 23.5 Å². The molecule has 1 heterocycles. The van der Waals surface area contributed by atoms with Crippen LogP contribution in [-0.2, 0) is 13.5 Å². The molecule has 112 valence electrons. The van der Waals surface area contributed by atoms with Gasteiger partial charge >= 0.3 is 0 Å². The molecule has 1 amide bonds. The minimum atomic E-state index is -0.109. The molecule has 0 saturated carbocycles. The fourth-order valence-corrected chi connectivity index (χ4v) is 2.11. The Kier molecular flexibility index (Phi) is 4.47. The highest BCUT2D eigenvalue weighted by molar-refractivity contribution is 5.96. The molecular formula is C15H21N5O. The van der Waals surface area contributed by atoms with E-state index in [1.165, 1.54) is 0 Å². The standard InChI is InChI=1S/C15H21N5O/c1-4-12-14(9-20(3)19-12)18-13-8-10(6-7-11(13)16)15(21)17-5-2/h6-9,18H,4-5,16H2,1-3H3,(H,17,21). The van der Waals surface area contributed by atoms with Crippen LogP contribution in [0.3, 0.4) is 0 Å². The number of anilines is 3. The molecule has 0 atom stereocenters. The first kappa shape index (κ1) is 14.9. The molecule has 0 spiro atoms. The summed E-state index contributed by atoms with van der Waals surface area (Å²) in [5, 5.41) is 10.4. The monoisotopic (exact) mass is 287 g/mol. The highest BCUT2D eigenvalue weighted by atomic mass is 16.1. The molecule has 2 aromatic rings. The van der Waals surface area contributed by atoms with Gasteiger partial charge in [-0.25, -0.2) is 0 Å². The van der Waals surface area contributed by atoms with E-state index in [-0.39, 0.29) is 5.91 Å². The molecule has 0 aliphatic rings. The molecule has 1 aromatic carbocycles. The normalized spacial score (nSPS) is 10.4. The van der Waals surface area contributed by atoms with Gasteiger partial charge in [-0.05, 0) is 31.5 Å². The molecule has 0 radical (unpaired) electrons. The van der Waals surface area contributed by atoms with Crippen molar-refractivity contribution in [3.63, 3.8) is 0 Å². The van der Waals surface area contributed by atoms with Gasteiger partial charge in [0.25, 0.3) is 5.91 Å². The Bertz CT molecular complexity index is 648. The molecule has 0 saturated heterocycles. The number of nitrogens with one attached hydrogen (secondary N) is 2. The quantitative estimate of drug-likeness (QED) is 0.735. The van der Waals surface area contributed by atoms with Crippen LogP contribution in [0, 0.1) is 0 Å². The van der Waals surface area contributed by atoms with E-state index in [0.717, 1.165) is 17.8 Å². The lowest BCUT2D eigenvalue weighted by molar-refractivity contribution is 0.0956. The van der Waals surface area contributed by atoms with Gasteiger partial charge in [0.05, 0.1) is 22.8 Å². The van der Waals surface area contributed by atoms with Gasteiger partial charge in [-0.15, -0.1) is 0 Å². The van der Waals surface area contributed by atoms with Gasteiger partial charge in [-0.2, -0.15) is 5.10 Å². The second kappa shape index (κ2) is 6.30. The van der Waals surface area contributed by atoms with Crippen molar-refractivity contribution in [2.24, 2.45) is 7.05 Å². The first-order valence-electron chi connectivity index (χ1n) is 7.02. The maximum atomic E-state index is 11.9. The first-order chi connectivity index (χ1) is 10.0. The molecule has 6 heteroatoms. The summed E-state index contributed by atoms with van der Waals surface area (Å²) >= 11 is 0. The number of nitrogen functional groups attached to an aromatic ring is 1. The third-order valence-electron chi connectivity index (χ3n) is 3.16. The van der Waals surface area contributed by atoms with E-state index in [1.807, 2.05) is 27.1 Å². The number of carbonyl (C=O) groups is 1. The maximum absolute atomic E-state index is 11.9. The zero-order valence-electron chi connectivity index (χ0n) is 12.6. The summed E-state index contributed by atoms with van der Waals surface area (Å²) in [4.78, 5) is 11.9. The van der Waals surface area contributed by atoms with Crippen molar-refractivity contribution in [2.75, 3.05) is 17.6 Å². The topological polar surface area (TPSA) is 85.0 Å². The van der Waals surface area contributed by atoms with E-state index >= 15 is 0 Å². The summed E-state index contributed by atoms with van der Waals surface area (Å²) in [6.45, 7) is 4.52. The van der Waals surface area contributed by atoms with Crippen LogP contribution in [-0.4, -0.2) is 22.2 Å². The van der Waals surface area contributed by atoms with Gasteiger partial charge in [0.2, 0.25) is 0 Å². The number of aromatic nitrogens is 2. The molecule has 0 unspecified atom stereocenters. The lowest BCUT2D eigenvalue weighted by Gasteiger charge is -2.11. The van der Waals surface area contributed by atoms with Crippen molar-refractivity contribution in [1.29, 1.82) is 0 Å². The molecule has 6 nitrogen and oxygen atoms in total. The number of benzene rings is 1. The van der Waals surface area contributed by atoms with E-state index in [4.69, 9.17) is 5.73 Å². The van der Waals surface area contributed by atoms with Crippen LogP contribution >= 0.6 is 0 Å². The van der Waals surface area contributed by atoms with Gasteiger partial charge < -0.3 is 16.4 Å². The second-order valence-corrected chi connectivity index (χ2v) is 4.80. The molecule has 1 aromatic heterocycles. The number of hydrogen-bond acceptors (Lipinski definition) is 4. The van der Waals surface area contributed by atoms with Crippen molar-refractivity contribution in [3.8, 4) is 0 Å². The molecule has 2 rings (SSSR count). The molecule has 0 fully saturated rings. The predicted molar refractivity (Wildman–Crippen MR) is 84.7 cm³/mol. The molecule has 4 N–H and O–H groups in total. The third-order valence-corrected chi connectivity index (χ3v) is 3.16. The summed E-state index contributed by atoms with van der Waals surface area (Å²) in [5.41, 5.74) is 9.73. The number of amides is 1. The number of hydrogen-bond donors (Lipinski definition) is 3. The zero-order chi connectivity index (χ0) is 15.4. The average molecular weight is 287 g/mol.